The van der Waals surface area contributed by atoms with Crippen molar-refractivity contribution in [3.8, 4) is 11.6 Å². The molecule has 0 amide bonds. The molecule has 9 heteroatoms. The summed E-state index contributed by atoms with van der Waals surface area (Å²) in [5.74, 6) is 1.18. The number of thioether (sulfide) groups is 1. The smallest absolute Gasteiger partial charge is 0.208 e. The van der Waals surface area contributed by atoms with Gasteiger partial charge in [0.25, 0.3) is 0 Å². The first-order valence-corrected chi connectivity index (χ1v) is 12.7. The zero-order chi connectivity index (χ0) is 16.2. The Balaban J connectivity index is 2.10. The molecule has 2 rings (SSSR count). The molecule has 2 aromatic rings. The van der Waals surface area contributed by atoms with Crippen LogP contribution in [-0.4, -0.2) is 45.7 Å². The predicted molar refractivity (Wildman–Crippen MR) is 94.6 cm³/mol. The highest BCUT2D eigenvalue weighted by atomic mass is 79.9. The van der Waals surface area contributed by atoms with E-state index < -0.39 is 8.07 Å². The van der Waals surface area contributed by atoms with E-state index in [0.717, 1.165) is 17.1 Å². The lowest BCUT2D eigenvalue weighted by molar-refractivity contribution is 0.0788. The molecule has 121 valence electrons. The van der Waals surface area contributed by atoms with Gasteiger partial charge >= 0.3 is 0 Å². The average molecular weight is 402 g/mol. The Labute approximate surface area is 144 Å². The van der Waals surface area contributed by atoms with Crippen molar-refractivity contribution in [3.63, 3.8) is 0 Å². The zero-order valence-electron chi connectivity index (χ0n) is 13.2. The molecular weight excluding hydrogens is 382 g/mol. The number of hydrogen-bond donors (Lipinski definition) is 0. The molecular formula is C13H20BrN5OSSi-. The minimum absolute atomic E-state index is 0.368. The Morgan fingerprint density at radius 2 is 1.95 bits per heavy atom. The van der Waals surface area contributed by atoms with Gasteiger partial charge in [-0.1, -0.05) is 11.8 Å². The lowest BCUT2D eigenvalue weighted by Gasteiger charge is -2.26. The quantitative estimate of drug-likeness (QED) is 0.401. The van der Waals surface area contributed by atoms with E-state index in [1.165, 1.54) is 11.8 Å². The molecule has 0 aliphatic rings. The molecule has 0 unspecified atom stereocenters. The van der Waals surface area contributed by atoms with Gasteiger partial charge in [-0.05, 0) is 22.2 Å². The number of nitrogens with zero attached hydrogens (tertiary/aromatic N) is 5. The van der Waals surface area contributed by atoms with E-state index in [1.807, 2.05) is 6.26 Å². The highest BCUT2D eigenvalue weighted by molar-refractivity contribution is 9.10. The lowest BCUT2D eigenvalue weighted by Crippen LogP contribution is -2.22. The van der Waals surface area contributed by atoms with Gasteiger partial charge in [-0.25, -0.2) is 14.6 Å². The topological polar surface area (TPSA) is 65.7 Å². The summed E-state index contributed by atoms with van der Waals surface area (Å²) in [5, 5.41) is 5.11. The van der Waals surface area contributed by atoms with Crippen LogP contribution in [0.4, 0.5) is 0 Å². The normalized spacial score (nSPS) is 11.9. The van der Waals surface area contributed by atoms with Crippen LogP contribution in [-0.2, 0) is 11.5 Å². The zero-order valence-corrected chi connectivity index (χ0v) is 16.6. The van der Waals surface area contributed by atoms with Crippen LogP contribution in [0.25, 0.3) is 11.6 Å². The van der Waals surface area contributed by atoms with Crippen molar-refractivity contribution in [2.45, 2.75) is 37.6 Å². The van der Waals surface area contributed by atoms with Crippen LogP contribution >= 0.6 is 27.7 Å². The third kappa shape index (κ3) is 5.15. The highest BCUT2D eigenvalue weighted by Gasteiger charge is 2.14. The van der Waals surface area contributed by atoms with E-state index in [1.54, 1.807) is 17.1 Å². The maximum atomic E-state index is 5.76. The van der Waals surface area contributed by atoms with E-state index in [-0.39, 0.29) is 0 Å². The van der Waals surface area contributed by atoms with Crippen LogP contribution in [0, 0.1) is 0 Å². The van der Waals surface area contributed by atoms with Crippen molar-refractivity contribution in [1.82, 2.24) is 24.7 Å². The van der Waals surface area contributed by atoms with E-state index in [9.17, 15) is 0 Å². The number of halogens is 1. The maximum Gasteiger partial charge on any atom is 0.208 e. The van der Waals surface area contributed by atoms with Crippen molar-refractivity contribution in [2.24, 2.45) is 0 Å². The summed E-state index contributed by atoms with van der Waals surface area (Å²) in [6.07, 6.45) is 5.34. The molecule has 2 aromatic heterocycles. The van der Waals surface area contributed by atoms with Gasteiger partial charge in [0.15, 0.2) is 11.6 Å². The molecule has 0 bridgehead atoms. The molecule has 0 N–H and O–H groups in total. The Kier molecular flexibility index (Phi) is 6.13. The minimum Gasteiger partial charge on any atom is -0.362 e. The van der Waals surface area contributed by atoms with Crippen LogP contribution in [0.2, 0.25) is 25.7 Å². The molecule has 0 saturated carbocycles. The number of rotatable bonds is 7. The fraction of sp³-hybridized carbons (Fsp3) is 0.538. The first kappa shape index (κ1) is 17.6. The molecule has 0 aliphatic heterocycles. The largest absolute Gasteiger partial charge is 0.362 e. The van der Waals surface area contributed by atoms with Crippen molar-refractivity contribution < 1.29 is 4.74 Å². The molecule has 6 nitrogen and oxygen atoms in total. The van der Waals surface area contributed by atoms with Gasteiger partial charge in [-0.15, -0.1) is 19.2 Å². The second-order valence-electron chi connectivity index (χ2n) is 5.99. The lowest BCUT2D eigenvalue weighted by atomic mass is 10.5. The standard InChI is InChI=1S/C13H20BrN5OSSi/c1-21-13-17-12(11-15-7-10(14)8-16-11)19(18-13)9-20-5-6-22(2,3)4/h7-8H,5-6,9H2,1-4H3/q-1. The molecule has 0 fully saturated rings. The average Bonchev–Trinajstić information content (AvgIpc) is 2.87. The summed E-state index contributed by atoms with van der Waals surface area (Å²) < 4.78 is 8.31. The van der Waals surface area contributed by atoms with Crippen molar-refractivity contribution >= 4 is 35.8 Å². The molecule has 0 radical (unpaired) electrons. The fourth-order valence-corrected chi connectivity index (χ4v) is 2.94. The highest BCUT2D eigenvalue weighted by Crippen LogP contribution is 2.18. The summed E-state index contributed by atoms with van der Waals surface area (Å²) in [6.45, 7) is 8.11. The van der Waals surface area contributed by atoms with E-state index in [2.05, 4.69) is 55.6 Å². The van der Waals surface area contributed by atoms with Crippen molar-refractivity contribution in [1.29, 1.82) is 0 Å². The fourth-order valence-electron chi connectivity index (χ4n) is 1.62. The van der Waals surface area contributed by atoms with E-state index in [0.29, 0.717) is 23.5 Å². The second kappa shape index (κ2) is 7.67. The molecule has 0 saturated heterocycles. The monoisotopic (exact) mass is 401 g/mol. The van der Waals surface area contributed by atoms with Crippen molar-refractivity contribution in [2.75, 3.05) is 12.9 Å². The summed E-state index contributed by atoms with van der Waals surface area (Å²) >= 11 is 4.82. The second-order valence-corrected chi connectivity index (χ2v) is 13.3. The first-order chi connectivity index (χ1) is 10.4. The Morgan fingerprint density at radius 3 is 2.55 bits per heavy atom. The van der Waals surface area contributed by atoms with Gasteiger partial charge < -0.3 is 4.74 Å². The van der Waals surface area contributed by atoms with Crippen LogP contribution in [0.3, 0.4) is 0 Å². The van der Waals surface area contributed by atoms with Gasteiger partial charge in [0.2, 0.25) is 5.16 Å². The van der Waals surface area contributed by atoms with E-state index in [4.69, 9.17) is 4.74 Å². The number of aromatic nitrogens is 5. The minimum atomic E-state index is -1.09. The van der Waals surface area contributed by atoms with Gasteiger partial charge in [0, 0.05) is 19.0 Å². The summed E-state index contributed by atoms with van der Waals surface area (Å²) in [7, 11) is -1.09. The predicted octanol–water partition coefficient (Wildman–Crippen LogP) is 3.53. The van der Waals surface area contributed by atoms with Gasteiger partial charge in [0.05, 0.1) is 4.47 Å². The van der Waals surface area contributed by atoms with Crippen LogP contribution in [0.5, 0.6) is 0 Å². The SMILES string of the molecule is CSc1nc(-c2ncc(Br)cn2)n(COCC[Si-](C)(C)C)n1. The molecule has 0 aromatic carbocycles. The third-order valence-electron chi connectivity index (χ3n) is 2.87. The van der Waals surface area contributed by atoms with Gasteiger partial charge in [0.1, 0.15) is 6.73 Å². The molecule has 0 atom stereocenters. The Morgan fingerprint density at radius 1 is 1.27 bits per heavy atom. The van der Waals surface area contributed by atoms with Crippen molar-refractivity contribution in [3.05, 3.63) is 16.9 Å². The maximum absolute atomic E-state index is 5.76. The van der Waals surface area contributed by atoms with Crippen LogP contribution in [0.15, 0.2) is 22.0 Å². The summed E-state index contributed by atoms with van der Waals surface area (Å²) in [4.78, 5) is 13.0. The molecule has 0 spiro atoms. The van der Waals surface area contributed by atoms with Gasteiger partial charge in [-0.2, -0.15) is 24.6 Å². The Hall–Kier alpha value is -0.773. The summed E-state index contributed by atoms with van der Waals surface area (Å²) in [5.41, 5.74) is 0. The Bertz CT molecular complexity index is 614. The van der Waals surface area contributed by atoms with E-state index >= 15 is 0 Å². The third-order valence-corrected chi connectivity index (χ3v) is 5.52. The molecule has 22 heavy (non-hydrogen) atoms. The van der Waals surface area contributed by atoms with Gasteiger partial charge in [-0.3, -0.25) is 0 Å². The van der Waals surface area contributed by atoms with Crippen LogP contribution in [0.1, 0.15) is 0 Å². The summed E-state index contributed by atoms with van der Waals surface area (Å²) in [6, 6.07) is 1.13. The first-order valence-electron chi connectivity index (χ1n) is 6.93. The van der Waals surface area contributed by atoms with Crippen LogP contribution < -0.4 is 0 Å². The number of ether oxygens (including phenoxy) is 1. The molecule has 0 aliphatic carbocycles. The number of hydrogen-bond acceptors (Lipinski definition) is 6. The molecule has 2 heterocycles.